The van der Waals surface area contributed by atoms with Gasteiger partial charge in [0.15, 0.2) is 0 Å². The van der Waals surface area contributed by atoms with Gasteiger partial charge in [0, 0.05) is 49.3 Å². The first kappa shape index (κ1) is 13.7. The molecule has 1 aromatic heterocycles. The summed E-state index contributed by atoms with van der Waals surface area (Å²) in [6.07, 6.45) is 6.13. The Labute approximate surface area is 121 Å². The standard InChI is InChI=1S/C17H25N3/c1-13-6-5-7-15(10-18)20(13)12-14-11-19(2)17-9-4-3-8-16(14)17/h3-4,8-9,11,13,15H,5-7,10,12,18H2,1-2H3. The van der Waals surface area contributed by atoms with Crippen LogP contribution >= 0.6 is 0 Å². The lowest BCUT2D eigenvalue weighted by atomic mass is 9.95. The predicted octanol–water partition coefficient (Wildman–Crippen LogP) is 2.88. The lowest BCUT2D eigenvalue weighted by Gasteiger charge is -2.40. The first-order valence-electron chi connectivity index (χ1n) is 7.69. The van der Waals surface area contributed by atoms with E-state index in [0.29, 0.717) is 12.1 Å². The molecule has 20 heavy (non-hydrogen) atoms. The number of fused-ring (bicyclic) bond motifs is 1. The molecular formula is C17H25N3. The smallest absolute Gasteiger partial charge is 0.0481 e. The molecule has 2 atom stereocenters. The predicted molar refractivity (Wildman–Crippen MR) is 84.6 cm³/mol. The van der Waals surface area contributed by atoms with E-state index in [1.165, 1.54) is 35.7 Å². The molecule has 2 N–H and O–H groups in total. The van der Waals surface area contributed by atoms with Crippen molar-refractivity contribution < 1.29 is 0 Å². The van der Waals surface area contributed by atoms with E-state index in [-0.39, 0.29) is 0 Å². The monoisotopic (exact) mass is 271 g/mol. The van der Waals surface area contributed by atoms with Gasteiger partial charge < -0.3 is 10.3 Å². The Hall–Kier alpha value is -1.32. The molecule has 1 aromatic carbocycles. The average molecular weight is 271 g/mol. The van der Waals surface area contributed by atoms with Crippen LogP contribution in [0, 0.1) is 0 Å². The van der Waals surface area contributed by atoms with Gasteiger partial charge in [0.05, 0.1) is 0 Å². The van der Waals surface area contributed by atoms with Gasteiger partial charge in [-0.05, 0) is 31.4 Å². The van der Waals surface area contributed by atoms with Crippen molar-refractivity contribution >= 4 is 10.9 Å². The van der Waals surface area contributed by atoms with Crippen LogP contribution in [0.3, 0.4) is 0 Å². The fourth-order valence-electron chi connectivity index (χ4n) is 3.63. The van der Waals surface area contributed by atoms with Crippen LogP contribution in [-0.4, -0.2) is 28.1 Å². The van der Waals surface area contributed by atoms with Crippen LogP contribution in [0.15, 0.2) is 30.5 Å². The maximum absolute atomic E-state index is 5.98. The van der Waals surface area contributed by atoms with Gasteiger partial charge in [-0.3, -0.25) is 4.90 Å². The molecule has 0 saturated carbocycles. The fraction of sp³-hybridized carbons (Fsp3) is 0.529. The van der Waals surface area contributed by atoms with Gasteiger partial charge >= 0.3 is 0 Å². The Morgan fingerprint density at radius 1 is 1.25 bits per heavy atom. The van der Waals surface area contributed by atoms with Crippen LogP contribution in [0.2, 0.25) is 0 Å². The van der Waals surface area contributed by atoms with E-state index < -0.39 is 0 Å². The molecule has 2 unspecified atom stereocenters. The van der Waals surface area contributed by atoms with Crippen LogP contribution in [0.1, 0.15) is 31.7 Å². The zero-order chi connectivity index (χ0) is 14.1. The highest BCUT2D eigenvalue weighted by molar-refractivity contribution is 5.83. The number of hydrogen-bond donors (Lipinski definition) is 1. The van der Waals surface area contributed by atoms with Crippen molar-refractivity contribution in [3.05, 3.63) is 36.0 Å². The van der Waals surface area contributed by atoms with E-state index in [1.54, 1.807) is 0 Å². The van der Waals surface area contributed by atoms with Crippen molar-refractivity contribution in [1.82, 2.24) is 9.47 Å². The Kier molecular flexibility index (Phi) is 3.81. The normalized spacial score (nSPS) is 24.4. The molecule has 1 fully saturated rings. The van der Waals surface area contributed by atoms with Crippen LogP contribution in [0.4, 0.5) is 0 Å². The Balaban J connectivity index is 1.91. The molecule has 2 heterocycles. The number of nitrogens with zero attached hydrogens (tertiary/aromatic N) is 2. The maximum Gasteiger partial charge on any atom is 0.0481 e. The van der Waals surface area contributed by atoms with E-state index in [2.05, 4.69) is 53.9 Å². The molecule has 2 aromatic rings. The quantitative estimate of drug-likeness (QED) is 0.931. The zero-order valence-electron chi connectivity index (χ0n) is 12.5. The molecule has 0 spiro atoms. The minimum absolute atomic E-state index is 0.540. The number of aryl methyl sites for hydroxylation is 1. The highest BCUT2D eigenvalue weighted by Gasteiger charge is 2.27. The van der Waals surface area contributed by atoms with Crippen molar-refractivity contribution in [2.45, 2.75) is 44.8 Å². The molecule has 0 amide bonds. The molecular weight excluding hydrogens is 246 g/mol. The van der Waals surface area contributed by atoms with Crippen molar-refractivity contribution in [2.24, 2.45) is 12.8 Å². The molecule has 108 valence electrons. The topological polar surface area (TPSA) is 34.2 Å². The van der Waals surface area contributed by atoms with Crippen LogP contribution in [0.25, 0.3) is 10.9 Å². The SMILES string of the molecule is CC1CCCC(CN)N1Cc1cn(C)c2ccccc12. The first-order valence-corrected chi connectivity index (χ1v) is 7.69. The summed E-state index contributed by atoms with van der Waals surface area (Å²) in [5.41, 5.74) is 8.72. The third-order valence-corrected chi connectivity index (χ3v) is 4.80. The molecule has 0 aliphatic carbocycles. The number of hydrogen-bond acceptors (Lipinski definition) is 2. The molecule has 3 nitrogen and oxygen atoms in total. The molecule has 3 heteroatoms. The van der Waals surface area contributed by atoms with Crippen LogP contribution < -0.4 is 5.73 Å². The summed E-state index contributed by atoms with van der Waals surface area (Å²) in [5, 5.41) is 1.38. The van der Waals surface area contributed by atoms with Crippen molar-refractivity contribution in [3.63, 3.8) is 0 Å². The van der Waals surface area contributed by atoms with Gasteiger partial charge in [-0.2, -0.15) is 0 Å². The lowest BCUT2D eigenvalue weighted by Crippen LogP contribution is -2.48. The van der Waals surface area contributed by atoms with Gasteiger partial charge in [-0.1, -0.05) is 24.6 Å². The maximum atomic E-state index is 5.98. The summed E-state index contributed by atoms with van der Waals surface area (Å²) in [6.45, 7) is 4.13. The summed E-state index contributed by atoms with van der Waals surface area (Å²) in [7, 11) is 2.13. The van der Waals surface area contributed by atoms with Gasteiger partial charge in [0.1, 0.15) is 0 Å². The van der Waals surface area contributed by atoms with Gasteiger partial charge in [0.2, 0.25) is 0 Å². The van der Waals surface area contributed by atoms with Gasteiger partial charge in [-0.25, -0.2) is 0 Å². The number of likely N-dealkylation sites (tertiary alicyclic amines) is 1. The fourth-order valence-corrected chi connectivity index (χ4v) is 3.63. The average Bonchev–Trinajstić information content (AvgIpc) is 2.78. The Morgan fingerprint density at radius 2 is 2.05 bits per heavy atom. The summed E-state index contributed by atoms with van der Waals surface area (Å²) >= 11 is 0. The second-order valence-electron chi connectivity index (χ2n) is 6.12. The highest BCUT2D eigenvalue weighted by Crippen LogP contribution is 2.28. The Morgan fingerprint density at radius 3 is 2.85 bits per heavy atom. The summed E-state index contributed by atoms with van der Waals surface area (Å²) in [6, 6.07) is 9.84. The number of rotatable bonds is 3. The van der Waals surface area contributed by atoms with Crippen LogP contribution in [-0.2, 0) is 13.6 Å². The molecule has 0 bridgehead atoms. The highest BCUT2D eigenvalue weighted by atomic mass is 15.2. The molecule has 0 radical (unpaired) electrons. The number of piperidine rings is 1. The van der Waals surface area contributed by atoms with Gasteiger partial charge in [-0.15, -0.1) is 0 Å². The number of para-hydroxylation sites is 1. The third-order valence-electron chi connectivity index (χ3n) is 4.80. The molecule has 1 aliphatic rings. The van der Waals surface area contributed by atoms with E-state index >= 15 is 0 Å². The van der Waals surface area contributed by atoms with Crippen molar-refractivity contribution in [3.8, 4) is 0 Å². The second kappa shape index (κ2) is 5.58. The summed E-state index contributed by atoms with van der Waals surface area (Å²) < 4.78 is 2.23. The van der Waals surface area contributed by atoms with Gasteiger partial charge in [0.25, 0.3) is 0 Å². The molecule has 3 rings (SSSR count). The first-order chi connectivity index (χ1) is 9.70. The Bertz CT molecular complexity index is 587. The van der Waals surface area contributed by atoms with E-state index in [1.807, 2.05) is 0 Å². The summed E-state index contributed by atoms with van der Waals surface area (Å²) in [5.74, 6) is 0. The molecule has 1 aliphatic heterocycles. The number of nitrogens with two attached hydrogens (primary N) is 1. The van der Waals surface area contributed by atoms with Crippen LogP contribution in [0.5, 0.6) is 0 Å². The van der Waals surface area contributed by atoms with E-state index in [9.17, 15) is 0 Å². The minimum Gasteiger partial charge on any atom is -0.350 e. The van der Waals surface area contributed by atoms with E-state index in [0.717, 1.165) is 13.1 Å². The lowest BCUT2D eigenvalue weighted by molar-refractivity contribution is 0.0896. The zero-order valence-corrected chi connectivity index (χ0v) is 12.5. The number of benzene rings is 1. The largest absolute Gasteiger partial charge is 0.350 e. The number of aromatic nitrogens is 1. The van der Waals surface area contributed by atoms with Crippen molar-refractivity contribution in [1.29, 1.82) is 0 Å². The minimum atomic E-state index is 0.540. The third kappa shape index (κ3) is 2.36. The molecule has 1 saturated heterocycles. The van der Waals surface area contributed by atoms with E-state index in [4.69, 9.17) is 5.73 Å². The van der Waals surface area contributed by atoms with Crippen molar-refractivity contribution in [2.75, 3.05) is 6.54 Å². The summed E-state index contributed by atoms with van der Waals surface area (Å²) in [4.78, 5) is 2.60. The second-order valence-corrected chi connectivity index (χ2v) is 6.12.